The molecule has 0 atom stereocenters. The number of guanidine groups is 1. The monoisotopic (exact) mass is 398 g/mol. The average Bonchev–Trinajstić information content (AvgIpc) is 2.99. The third-order valence-electron chi connectivity index (χ3n) is 3.37. The maximum absolute atomic E-state index is 5.90. The van der Waals surface area contributed by atoms with E-state index < -0.39 is 0 Å². The van der Waals surface area contributed by atoms with Gasteiger partial charge in [0.05, 0.1) is 0 Å². The Morgan fingerprint density at radius 1 is 1.43 bits per heavy atom. The first kappa shape index (κ1) is 15.7. The second-order valence-corrected chi connectivity index (χ2v) is 4.98. The van der Waals surface area contributed by atoms with Crippen molar-refractivity contribution in [2.75, 3.05) is 5.32 Å². The van der Waals surface area contributed by atoms with E-state index in [-0.39, 0.29) is 24.0 Å². The van der Waals surface area contributed by atoms with Gasteiger partial charge < -0.3 is 15.6 Å². The Morgan fingerprint density at radius 2 is 2.29 bits per heavy atom. The maximum atomic E-state index is 5.90. The van der Waals surface area contributed by atoms with Crippen molar-refractivity contribution in [2.24, 2.45) is 10.7 Å². The first-order valence-corrected chi connectivity index (χ1v) is 6.77. The number of aliphatic imine (C=N–C) groups is 1. The first-order chi connectivity index (χ1) is 9.72. The van der Waals surface area contributed by atoms with Gasteiger partial charge in [0.25, 0.3) is 0 Å². The van der Waals surface area contributed by atoms with Gasteiger partial charge in [-0.2, -0.15) is 0 Å². The molecule has 112 valence electrons. The smallest absolute Gasteiger partial charge is 0.193 e. The van der Waals surface area contributed by atoms with Gasteiger partial charge in [-0.3, -0.25) is 0 Å². The summed E-state index contributed by atoms with van der Waals surface area (Å²) in [4.78, 5) is 4.33. The van der Waals surface area contributed by atoms with Crippen LogP contribution in [-0.4, -0.2) is 20.7 Å². The molecule has 0 radical (unpaired) electrons. The summed E-state index contributed by atoms with van der Waals surface area (Å²) >= 11 is 0. The number of benzene rings is 1. The molecule has 3 N–H and O–H groups in total. The van der Waals surface area contributed by atoms with E-state index in [0.29, 0.717) is 12.5 Å². The molecule has 0 saturated heterocycles. The van der Waals surface area contributed by atoms with Gasteiger partial charge in [0.15, 0.2) is 11.8 Å². The lowest BCUT2D eigenvalue weighted by Crippen LogP contribution is -2.22. The maximum Gasteiger partial charge on any atom is 0.193 e. The number of nitrogens with two attached hydrogens (primary N) is 1. The van der Waals surface area contributed by atoms with Gasteiger partial charge >= 0.3 is 0 Å². The summed E-state index contributed by atoms with van der Waals surface area (Å²) in [5, 5.41) is 11.4. The Morgan fingerprint density at radius 3 is 3.10 bits per heavy atom. The van der Waals surface area contributed by atoms with Crippen LogP contribution >= 0.6 is 24.0 Å². The third kappa shape index (κ3) is 3.72. The summed E-state index contributed by atoms with van der Waals surface area (Å²) in [6.07, 6.45) is 2.15. The lowest BCUT2D eigenvalue weighted by atomic mass is 10.2. The van der Waals surface area contributed by atoms with Crippen molar-refractivity contribution in [3.05, 3.63) is 41.5 Å². The Balaban J connectivity index is 0.00000161. The van der Waals surface area contributed by atoms with Crippen molar-refractivity contribution < 1.29 is 0 Å². The zero-order valence-corrected chi connectivity index (χ0v) is 14.2. The number of nitrogens with zero attached hydrogens (tertiary/aromatic N) is 4. The van der Waals surface area contributed by atoms with Gasteiger partial charge in [-0.05, 0) is 31.0 Å². The van der Waals surface area contributed by atoms with E-state index in [2.05, 4.69) is 25.1 Å². The molecule has 0 spiro atoms. The number of fused-ring (bicyclic) bond motifs is 1. The van der Waals surface area contributed by atoms with Gasteiger partial charge in [-0.1, -0.05) is 12.1 Å². The molecule has 21 heavy (non-hydrogen) atoms. The normalized spacial score (nSPS) is 13.7. The molecule has 1 aromatic heterocycles. The van der Waals surface area contributed by atoms with Crippen LogP contribution in [0.4, 0.5) is 5.69 Å². The predicted molar refractivity (Wildman–Crippen MR) is 93.9 cm³/mol. The largest absolute Gasteiger partial charge is 0.370 e. The summed E-state index contributed by atoms with van der Waals surface area (Å²) in [6, 6.07) is 8.01. The van der Waals surface area contributed by atoms with E-state index in [1.54, 1.807) is 0 Å². The number of aryl methyl sites for hydroxylation is 2. The molecule has 0 fully saturated rings. The fourth-order valence-electron chi connectivity index (χ4n) is 2.39. The molecule has 6 nitrogen and oxygen atoms in total. The van der Waals surface area contributed by atoms with Crippen LogP contribution in [0.5, 0.6) is 0 Å². The van der Waals surface area contributed by atoms with Crippen molar-refractivity contribution in [3.63, 3.8) is 0 Å². The lowest BCUT2D eigenvalue weighted by Gasteiger charge is -2.06. The highest BCUT2D eigenvalue weighted by Crippen LogP contribution is 2.14. The summed E-state index contributed by atoms with van der Waals surface area (Å²) in [6.45, 7) is 3.48. The van der Waals surface area contributed by atoms with Gasteiger partial charge in [-0.15, -0.1) is 34.2 Å². The van der Waals surface area contributed by atoms with Crippen LogP contribution in [0.15, 0.2) is 29.3 Å². The number of aromatic nitrogens is 3. The van der Waals surface area contributed by atoms with Crippen molar-refractivity contribution >= 4 is 35.6 Å². The summed E-state index contributed by atoms with van der Waals surface area (Å²) in [5.41, 5.74) is 8.02. The molecule has 1 aromatic carbocycles. The summed E-state index contributed by atoms with van der Waals surface area (Å²) in [7, 11) is 0. The summed E-state index contributed by atoms with van der Waals surface area (Å²) < 4.78 is 2.13. The van der Waals surface area contributed by atoms with E-state index in [1.165, 1.54) is 5.56 Å². The zero-order chi connectivity index (χ0) is 13.9. The second-order valence-electron chi connectivity index (χ2n) is 4.98. The number of hydrogen-bond donors (Lipinski definition) is 2. The van der Waals surface area contributed by atoms with Gasteiger partial charge in [0.1, 0.15) is 12.4 Å². The van der Waals surface area contributed by atoms with Crippen LogP contribution in [0.25, 0.3) is 0 Å². The molecule has 0 unspecified atom stereocenters. The van der Waals surface area contributed by atoms with Gasteiger partial charge in [-0.25, -0.2) is 4.99 Å². The molecular formula is C14H19IN6. The van der Waals surface area contributed by atoms with E-state index in [0.717, 1.165) is 36.7 Å². The number of nitrogens with one attached hydrogen (secondary N) is 1. The van der Waals surface area contributed by atoms with Crippen molar-refractivity contribution in [3.8, 4) is 0 Å². The molecule has 3 rings (SSSR count). The standard InChI is InChI=1S/C14H18N6.HI/c1-10-4-2-5-11(8-10)17-14(15)16-9-13-19-18-12-6-3-7-20(12)13;/h2,4-5,8H,3,6-7,9H2,1H3,(H3,15,16,17);1H. The van der Waals surface area contributed by atoms with E-state index in [1.807, 2.05) is 31.2 Å². The lowest BCUT2D eigenvalue weighted by molar-refractivity contribution is 0.688. The minimum atomic E-state index is 0. The minimum Gasteiger partial charge on any atom is -0.370 e. The zero-order valence-electron chi connectivity index (χ0n) is 11.9. The molecule has 0 aliphatic carbocycles. The number of hydrogen-bond acceptors (Lipinski definition) is 3. The summed E-state index contributed by atoms with van der Waals surface area (Å²) in [5.74, 6) is 2.33. The quantitative estimate of drug-likeness (QED) is 0.471. The fraction of sp³-hybridized carbons (Fsp3) is 0.357. The van der Waals surface area contributed by atoms with E-state index in [4.69, 9.17) is 5.73 Å². The Bertz CT molecular complexity index is 649. The Labute approximate surface area is 140 Å². The topological polar surface area (TPSA) is 81.1 Å². The molecule has 7 heteroatoms. The van der Waals surface area contributed by atoms with Crippen LogP contribution in [0, 0.1) is 6.92 Å². The Hall–Kier alpha value is -1.64. The van der Waals surface area contributed by atoms with Crippen LogP contribution in [0.2, 0.25) is 0 Å². The van der Waals surface area contributed by atoms with Crippen molar-refractivity contribution in [2.45, 2.75) is 32.9 Å². The number of halogens is 1. The highest BCUT2D eigenvalue weighted by Gasteiger charge is 2.16. The fourth-order valence-corrected chi connectivity index (χ4v) is 2.39. The highest BCUT2D eigenvalue weighted by molar-refractivity contribution is 14.0. The SMILES string of the molecule is Cc1cccc(NC(N)=NCc2nnc3n2CCC3)c1.I. The molecule has 1 aliphatic rings. The van der Waals surface area contributed by atoms with Gasteiger partial charge in [0.2, 0.25) is 0 Å². The van der Waals surface area contributed by atoms with Crippen molar-refractivity contribution in [1.29, 1.82) is 0 Å². The van der Waals surface area contributed by atoms with Crippen LogP contribution in [-0.2, 0) is 19.5 Å². The number of rotatable bonds is 3. The molecule has 2 heterocycles. The van der Waals surface area contributed by atoms with Gasteiger partial charge in [0, 0.05) is 18.7 Å². The number of anilines is 1. The molecule has 0 amide bonds. The van der Waals surface area contributed by atoms with Crippen LogP contribution < -0.4 is 11.1 Å². The second kappa shape index (κ2) is 6.88. The molecule has 2 aromatic rings. The average molecular weight is 398 g/mol. The van der Waals surface area contributed by atoms with Crippen LogP contribution in [0.3, 0.4) is 0 Å². The minimum absolute atomic E-state index is 0. The highest BCUT2D eigenvalue weighted by atomic mass is 127. The van der Waals surface area contributed by atoms with E-state index >= 15 is 0 Å². The first-order valence-electron chi connectivity index (χ1n) is 6.77. The molecule has 0 bridgehead atoms. The van der Waals surface area contributed by atoms with E-state index in [9.17, 15) is 0 Å². The molecule has 1 aliphatic heterocycles. The molecular weight excluding hydrogens is 379 g/mol. The predicted octanol–water partition coefficient (Wildman–Crippen LogP) is 2.08. The van der Waals surface area contributed by atoms with Crippen molar-refractivity contribution in [1.82, 2.24) is 14.8 Å². The third-order valence-corrected chi connectivity index (χ3v) is 3.37. The van der Waals surface area contributed by atoms with Crippen LogP contribution in [0.1, 0.15) is 23.6 Å². The Kier molecular flexibility index (Phi) is 5.16. The molecule has 0 saturated carbocycles.